The maximum atomic E-state index is 13.0. The predicted octanol–water partition coefficient (Wildman–Crippen LogP) is 5.72. The van der Waals surface area contributed by atoms with E-state index in [0.29, 0.717) is 22.9 Å². The fourth-order valence-electron chi connectivity index (χ4n) is 8.26. The first-order chi connectivity index (χ1) is 13.0. The maximum absolute atomic E-state index is 13.0. The summed E-state index contributed by atoms with van der Waals surface area (Å²) in [6.45, 7) is 5.37. The molecule has 0 bridgehead atoms. The lowest BCUT2D eigenvalue weighted by Gasteiger charge is -2.60. The molecule has 7 atom stereocenters. The van der Waals surface area contributed by atoms with Gasteiger partial charge in [-0.2, -0.15) is 11.8 Å². The number of ketones is 1. The van der Waals surface area contributed by atoms with E-state index in [9.17, 15) is 4.79 Å². The summed E-state index contributed by atoms with van der Waals surface area (Å²) in [6, 6.07) is 0. The van der Waals surface area contributed by atoms with Crippen LogP contribution in [-0.2, 0) is 4.79 Å². The van der Waals surface area contributed by atoms with Gasteiger partial charge in [-0.05, 0) is 98.0 Å². The highest BCUT2D eigenvalue weighted by atomic mass is 32.2. The molecule has 154 valence electrons. The van der Waals surface area contributed by atoms with Crippen LogP contribution in [0.25, 0.3) is 0 Å². The quantitative estimate of drug-likeness (QED) is 0.587. The molecule has 0 radical (unpaired) electrons. The molecule has 0 aromatic heterocycles. The second-order valence-electron chi connectivity index (χ2n) is 10.7. The lowest BCUT2D eigenvalue weighted by Crippen LogP contribution is -2.53. The minimum atomic E-state index is 0.243. The zero-order valence-electron chi connectivity index (χ0n) is 17.5. The van der Waals surface area contributed by atoms with Gasteiger partial charge >= 0.3 is 0 Å². The standard InChI is InChI=1S/C24H40O2S/c1-23-12-4-3-6-17(23)7-8-18-19-9-10-21(22(26)16-27-15-5-14-25)24(19,2)13-11-20(18)23/h17-21,25H,3-16H2,1-2H3/t17-,18-,19-,20-,21+,23-,24-/m0/s1. The fourth-order valence-corrected chi connectivity index (χ4v) is 9.14. The lowest BCUT2D eigenvalue weighted by atomic mass is 9.45. The maximum Gasteiger partial charge on any atom is 0.146 e. The van der Waals surface area contributed by atoms with Gasteiger partial charge in [-0.25, -0.2) is 0 Å². The van der Waals surface area contributed by atoms with Crippen molar-refractivity contribution in [2.45, 2.75) is 84.5 Å². The number of hydrogen-bond donors (Lipinski definition) is 1. The highest BCUT2D eigenvalue weighted by Gasteiger charge is 2.60. The first kappa shape index (κ1) is 20.3. The molecule has 1 N–H and O–H groups in total. The molecule has 0 saturated heterocycles. The van der Waals surface area contributed by atoms with Gasteiger partial charge < -0.3 is 5.11 Å². The number of aliphatic hydroxyl groups excluding tert-OH is 1. The SMILES string of the molecule is C[C@]12CCCC[C@H]1CC[C@@H]1[C@@H]2CC[C@]2(C)[C@@H](C(=O)CSCCCO)CC[C@@H]12. The van der Waals surface area contributed by atoms with E-state index in [1.807, 2.05) is 0 Å². The van der Waals surface area contributed by atoms with Crippen LogP contribution in [-0.4, -0.2) is 29.0 Å². The summed E-state index contributed by atoms with van der Waals surface area (Å²) in [7, 11) is 0. The Balaban J connectivity index is 1.46. The fraction of sp³-hybridized carbons (Fsp3) is 0.958. The number of carbonyl (C=O) groups is 1. The van der Waals surface area contributed by atoms with Crippen molar-refractivity contribution >= 4 is 17.5 Å². The van der Waals surface area contributed by atoms with Crippen LogP contribution in [0.3, 0.4) is 0 Å². The molecule has 0 aromatic carbocycles. The van der Waals surface area contributed by atoms with Gasteiger partial charge in [0.05, 0.1) is 5.75 Å². The summed E-state index contributed by atoms with van der Waals surface area (Å²) in [6.07, 6.45) is 14.7. The molecule has 4 aliphatic carbocycles. The van der Waals surface area contributed by atoms with E-state index in [1.54, 1.807) is 11.8 Å². The minimum Gasteiger partial charge on any atom is -0.396 e. The van der Waals surface area contributed by atoms with Crippen LogP contribution < -0.4 is 0 Å². The van der Waals surface area contributed by atoms with Gasteiger partial charge in [-0.15, -0.1) is 0 Å². The molecule has 4 aliphatic rings. The third kappa shape index (κ3) is 3.43. The van der Waals surface area contributed by atoms with E-state index < -0.39 is 0 Å². The van der Waals surface area contributed by atoms with E-state index in [2.05, 4.69) is 13.8 Å². The Morgan fingerprint density at radius 1 is 0.963 bits per heavy atom. The number of hydrogen-bond acceptors (Lipinski definition) is 3. The second-order valence-corrected chi connectivity index (χ2v) is 11.8. The van der Waals surface area contributed by atoms with Gasteiger partial charge in [0.2, 0.25) is 0 Å². The first-order valence-electron chi connectivity index (χ1n) is 11.7. The smallest absolute Gasteiger partial charge is 0.146 e. The zero-order chi connectivity index (χ0) is 19.1. The second kappa shape index (κ2) is 8.01. The summed E-state index contributed by atoms with van der Waals surface area (Å²) < 4.78 is 0. The van der Waals surface area contributed by atoms with Crippen molar-refractivity contribution in [3.05, 3.63) is 0 Å². The number of rotatable bonds is 6. The Kier molecular flexibility index (Phi) is 6.01. The Morgan fingerprint density at radius 2 is 1.78 bits per heavy atom. The minimum absolute atomic E-state index is 0.243. The van der Waals surface area contributed by atoms with E-state index >= 15 is 0 Å². The molecule has 27 heavy (non-hydrogen) atoms. The number of fused-ring (bicyclic) bond motifs is 5. The Bertz CT molecular complexity index is 548. The van der Waals surface area contributed by atoms with Gasteiger partial charge in [0, 0.05) is 12.5 Å². The van der Waals surface area contributed by atoms with Crippen molar-refractivity contribution in [2.75, 3.05) is 18.1 Å². The van der Waals surface area contributed by atoms with Crippen molar-refractivity contribution in [3.8, 4) is 0 Å². The summed E-state index contributed by atoms with van der Waals surface area (Å²) in [5.41, 5.74) is 0.873. The third-order valence-electron chi connectivity index (χ3n) is 9.66. The van der Waals surface area contributed by atoms with Crippen LogP contribution in [0, 0.1) is 40.4 Å². The van der Waals surface area contributed by atoms with Gasteiger partial charge in [0.15, 0.2) is 0 Å². The Labute approximate surface area is 170 Å². The van der Waals surface area contributed by atoms with Crippen LogP contribution in [0.2, 0.25) is 0 Å². The van der Waals surface area contributed by atoms with Crippen molar-refractivity contribution in [1.29, 1.82) is 0 Å². The highest BCUT2D eigenvalue weighted by molar-refractivity contribution is 7.99. The van der Waals surface area contributed by atoms with Crippen molar-refractivity contribution < 1.29 is 9.90 Å². The molecule has 4 saturated carbocycles. The Hall–Kier alpha value is -0.0200. The molecular formula is C24H40O2S. The molecule has 0 unspecified atom stereocenters. The van der Waals surface area contributed by atoms with Crippen molar-refractivity contribution in [1.82, 2.24) is 0 Å². The largest absolute Gasteiger partial charge is 0.396 e. The van der Waals surface area contributed by atoms with Gasteiger partial charge in [0.25, 0.3) is 0 Å². The van der Waals surface area contributed by atoms with Crippen LogP contribution in [0.4, 0.5) is 0 Å². The molecule has 0 heterocycles. The molecule has 2 nitrogen and oxygen atoms in total. The molecule has 0 aliphatic heterocycles. The Morgan fingerprint density at radius 3 is 2.59 bits per heavy atom. The molecule has 3 heteroatoms. The average Bonchev–Trinajstić information content (AvgIpc) is 3.02. The van der Waals surface area contributed by atoms with Gasteiger partial charge in [-0.3, -0.25) is 4.79 Å². The topological polar surface area (TPSA) is 37.3 Å². The van der Waals surface area contributed by atoms with Crippen molar-refractivity contribution in [3.63, 3.8) is 0 Å². The normalized spacial score (nSPS) is 46.4. The van der Waals surface area contributed by atoms with Crippen LogP contribution in [0.15, 0.2) is 0 Å². The molecule has 0 aromatic rings. The average molecular weight is 393 g/mol. The summed E-state index contributed by atoms with van der Waals surface area (Å²) in [5, 5.41) is 8.95. The molecule has 4 rings (SSSR count). The number of thioether (sulfide) groups is 1. The van der Waals surface area contributed by atoms with E-state index in [0.717, 1.165) is 42.3 Å². The summed E-state index contributed by atoms with van der Waals surface area (Å²) >= 11 is 1.74. The van der Waals surface area contributed by atoms with E-state index in [1.165, 1.54) is 57.8 Å². The number of Topliss-reactive ketones (excluding diaryl/α,β-unsaturated/α-hetero) is 1. The number of carbonyl (C=O) groups excluding carboxylic acids is 1. The lowest BCUT2D eigenvalue weighted by molar-refractivity contribution is -0.133. The summed E-state index contributed by atoms with van der Waals surface area (Å²) in [4.78, 5) is 13.0. The van der Waals surface area contributed by atoms with Crippen LogP contribution in [0.1, 0.15) is 84.5 Å². The van der Waals surface area contributed by atoms with E-state index in [-0.39, 0.29) is 12.0 Å². The van der Waals surface area contributed by atoms with Crippen LogP contribution >= 0.6 is 11.8 Å². The van der Waals surface area contributed by atoms with Crippen LogP contribution in [0.5, 0.6) is 0 Å². The predicted molar refractivity (Wildman–Crippen MR) is 114 cm³/mol. The number of aliphatic hydroxyl groups is 1. The zero-order valence-corrected chi connectivity index (χ0v) is 18.4. The first-order valence-corrected chi connectivity index (χ1v) is 12.9. The third-order valence-corrected chi connectivity index (χ3v) is 10.7. The summed E-state index contributed by atoms with van der Waals surface area (Å²) in [5.74, 6) is 6.01. The molecule has 4 fully saturated rings. The van der Waals surface area contributed by atoms with E-state index in [4.69, 9.17) is 5.11 Å². The molecule has 0 amide bonds. The van der Waals surface area contributed by atoms with Gasteiger partial charge in [-0.1, -0.05) is 26.7 Å². The van der Waals surface area contributed by atoms with Crippen molar-refractivity contribution in [2.24, 2.45) is 40.4 Å². The molecular weight excluding hydrogens is 352 g/mol. The van der Waals surface area contributed by atoms with Gasteiger partial charge in [0.1, 0.15) is 5.78 Å². The molecule has 0 spiro atoms. The monoisotopic (exact) mass is 392 g/mol. The highest BCUT2D eigenvalue weighted by Crippen LogP contribution is 2.67.